The van der Waals surface area contributed by atoms with Crippen molar-refractivity contribution >= 4 is 23.2 Å². The van der Waals surface area contributed by atoms with E-state index in [1.54, 1.807) is 4.90 Å². The largest absolute Gasteiger partial charge is 0.375 e. The molecular formula is C16H22N2O3. The minimum Gasteiger partial charge on any atom is -0.375 e. The highest BCUT2D eigenvalue weighted by Gasteiger charge is 2.32. The van der Waals surface area contributed by atoms with Gasteiger partial charge in [-0.15, -0.1) is 0 Å². The van der Waals surface area contributed by atoms with Gasteiger partial charge in [0.25, 0.3) is 0 Å². The van der Waals surface area contributed by atoms with E-state index in [1.807, 2.05) is 39.0 Å². The molecular weight excluding hydrogens is 268 g/mol. The van der Waals surface area contributed by atoms with Crippen molar-refractivity contribution in [2.24, 2.45) is 5.41 Å². The van der Waals surface area contributed by atoms with Gasteiger partial charge in [0, 0.05) is 30.4 Å². The number of fused-ring (bicyclic) bond motifs is 1. The van der Waals surface area contributed by atoms with Crippen LogP contribution in [-0.2, 0) is 20.7 Å². The highest BCUT2D eigenvalue weighted by molar-refractivity contribution is 6.00. The molecule has 1 N–H and O–H groups in total. The van der Waals surface area contributed by atoms with Crippen LogP contribution in [0.2, 0.25) is 0 Å². The fourth-order valence-electron chi connectivity index (χ4n) is 2.40. The lowest BCUT2D eigenvalue weighted by Crippen LogP contribution is -2.38. The van der Waals surface area contributed by atoms with E-state index in [1.165, 1.54) is 7.11 Å². The lowest BCUT2D eigenvalue weighted by molar-refractivity contribution is -0.125. The van der Waals surface area contributed by atoms with Gasteiger partial charge < -0.3 is 15.0 Å². The second-order valence-corrected chi connectivity index (χ2v) is 6.28. The first-order chi connectivity index (χ1) is 9.82. The molecule has 2 amide bonds. The van der Waals surface area contributed by atoms with E-state index >= 15 is 0 Å². The van der Waals surface area contributed by atoms with Crippen molar-refractivity contribution in [3.8, 4) is 0 Å². The van der Waals surface area contributed by atoms with E-state index in [2.05, 4.69) is 5.32 Å². The van der Waals surface area contributed by atoms with Gasteiger partial charge in [-0.1, -0.05) is 26.8 Å². The van der Waals surface area contributed by atoms with E-state index in [0.717, 1.165) is 17.7 Å². The fourth-order valence-corrected chi connectivity index (χ4v) is 2.40. The van der Waals surface area contributed by atoms with Crippen LogP contribution >= 0.6 is 0 Å². The molecule has 5 nitrogen and oxygen atoms in total. The summed E-state index contributed by atoms with van der Waals surface area (Å²) >= 11 is 0. The van der Waals surface area contributed by atoms with Crippen molar-refractivity contribution in [2.75, 3.05) is 30.5 Å². The van der Waals surface area contributed by atoms with Gasteiger partial charge in [-0.05, 0) is 24.1 Å². The SMILES string of the molecule is COCC(=O)Nc1ccc2c(c1)N(C(=O)C(C)(C)C)CC2. The van der Waals surface area contributed by atoms with Crippen LogP contribution in [-0.4, -0.2) is 32.1 Å². The number of nitrogens with one attached hydrogen (secondary N) is 1. The summed E-state index contributed by atoms with van der Waals surface area (Å²) in [5, 5.41) is 2.77. The highest BCUT2D eigenvalue weighted by atomic mass is 16.5. The van der Waals surface area contributed by atoms with Gasteiger partial charge in [-0.3, -0.25) is 9.59 Å². The van der Waals surface area contributed by atoms with Crippen LogP contribution < -0.4 is 10.2 Å². The van der Waals surface area contributed by atoms with Gasteiger partial charge in [-0.25, -0.2) is 0 Å². The number of carbonyl (C=O) groups is 2. The van der Waals surface area contributed by atoms with E-state index in [-0.39, 0.29) is 18.4 Å². The van der Waals surface area contributed by atoms with E-state index in [4.69, 9.17) is 4.74 Å². The van der Waals surface area contributed by atoms with Crippen molar-refractivity contribution in [1.29, 1.82) is 0 Å². The van der Waals surface area contributed by atoms with Crippen LogP contribution in [0.3, 0.4) is 0 Å². The lowest BCUT2D eigenvalue weighted by Gasteiger charge is -2.26. The zero-order chi connectivity index (χ0) is 15.6. The zero-order valence-electron chi connectivity index (χ0n) is 13.0. The quantitative estimate of drug-likeness (QED) is 0.928. The van der Waals surface area contributed by atoms with Gasteiger partial charge in [0.15, 0.2) is 0 Å². The molecule has 0 aliphatic carbocycles. The summed E-state index contributed by atoms with van der Waals surface area (Å²) in [5.41, 5.74) is 2.29. The summed E-state index contributed by atoms with van der Waals surface area (Å²) in [6.45, 7) is 6.45. The fraction of sp³-hybridized carbons (Fsp3) is 0.500. The normalized spacial score (nSPS) is 14.0. The summed E-state index contributed by atoms with van der Waals surface area (Å²) in [6, 6.07) is 5.69. The number of hydrogen-bond acceptors (Lipinski definition) is 3. The summed E-state index contributed by atoms with van der Waals surface area (Å²) in [5.74, 6) is -0.106. The monoisotopic (exact) mass is 290 g/mol. The topological polar surface area (TPSA) is 58.6 Å². The molecule has 1 aliphatic heterocycles. The first-order valence-corrected chi connectivity index (χ1v) is 7.06. The van der Waals surface area contributed by atoms with Crippen LogP contribution in [0.5, 0.6) is 0 Å². The number of carbonyl (C=O) groups excluding carboxylic acids is 2. The van der Waals surface area contributed by atoms with E-state index in [9.17, 15) is 9.59 Å². The molecule has 0 aromatic heterocycles. The standard InChI is InChI=1S/C16H22N2O3/c1-16(2,3)15(20)18-8-7-11-5-6-12(9-13(11)18)17-14(19)10-21-4/h5-6,9H,7-8,10H2,1-4H3,(H,17,19). The molecule has 114 valence electrons. The third kappa shape index (κ3) is 3.42. The average molecular weight is 290 g/mol. The molecule has 21 heavy (non-hydrogen) atoms. The minimum absolute atomic E-state index is 0.0156. The Kier molecular flexibility index (Phi) is 4.32. The van der Waals surface area contributed by atoms with Crippen molar-refractivity contribution in [3.63, 3.8) is 0 Å². The summed E-state index contributed by atoms with van der Waals surface area (Å²) in [4.78, 5) is 25.9. The summed E-state index contributed by atoms with van der Waals surface area (Å²) in [6.07, 6.45) is 0.851. The van der Waals surface area contributed by atoms with Crippen LogP contribution in [0.25, 0.3) is 0 Å². The average Bonchev–Trinajstić information content (AvgIpc) is 2.79. The molecule has 0 bridgehead atoms. The third-order valence-electron chi connectivity index (χ3n) is 3.43. The minimum atomic E-state index is -0.420. The number of amides is 2. The smallest absolute Gasteiger partial charge is 0.250 e. The number of rotatable bonds is 3. The molecule has 5 heteroatoms. The number of methoxy groups -OCH3 is 1. The number of benzene rings is 1. The molecule has 0 unspecified atom stereocenters. The first-order valence-electron chi connectivity index (χ1n) is 7.06. The Morgan fingerprint density at radius 2 is 2.05 bits per heavy atom. The Labute approximate surface area is 125 Å². The summed E-state index contributed by atoms with van der Waals surface area (Å²) in [7, 11) is 1.48. The van der Waals surface area contributed by atoms with Crippen molar-refractivity contribution < 1.29 is 14.3 Å². The van der Waals surface area contributed by atoms with Gasteiger partial charge in [0.1, 0.15) is 6.61 Å². The number of hydrogen-bond donors (Lipinski definition) is 1. The molecule has 0 spiro atoms. The van der Waals surface area contributed by atoms with Crippen molar-refractivity contribution in [1.82, 2.24) is 0 Å². The van der Waals surface area contributed by atoms with Crippen LogP contribution in [0.4, 0.5) is 11.4 Å². The predicted octanol–water partition coefficient (Wildman–Crippen LogP) is 2.21. The molecule has 0 atom stereocenters. The molecule has 0 radical (unpaired) electrons. The predicted molar refractivity (Wildman–Crippen MR) is 82.5 cm³/mol. The third-order valence-corrected chi connectivity index (χ3v) is 3.43. The Hall–Kier alpha value is -1.88. The van der Waals surface area contributed by atoms with Crippen LogP contribution in [0, 0.1) is 5.41 Å². The molecule has 1 aliphatic rings. The summed E-state index contributed by atoms with van der Waals surface area (Å²) < 4.78 is 4.80. The maximum Gasteiger partial charge on any atom is 0.250 e. The second-order valence-electron chi connectivity index (χ2n) is 6.28. The Balaban J connectivity index is 2.23. The van der Waals surface area contributed by atoms with Crippen molar-refractivity contribution in [3.05, 3.63) is 23.8 Å². The Morgan fingerprint density at radius 1 is 1.33 bits per heavy atom. The van der Waals surface area contributed by atoms with Gasteiger partial charge in [0.05, 0.1) is 0 Å². The molecule has 0 saturated heterocycles. The number of ether oxygens (including phenoxy) is 1. The number of nitrogens with zero attached hydrogens (tertiary/aromatic N) is 1. The highest BCUT2D eigenvalue weighted by Crippen LogP contribution is 2.33. The maximum atomic E-state index is 12.5. The molecule has 1 aromatic carbocycles. The van der Waals surface area contributed by atoms with Crippen molar-refractivity contribution in [2.45, 2.75) is 27.2 Å². The van der Waals surface area contributed by atoms with Crippen LogP contribution in [0.1, 0.15) is 26.3 Å². The Morgan fingerprint density at radius 3 is 2.67 bits per heavy atom. The first kappa shape index (κ1) is 15.5. The van der Waals surface area contributed by atoms with Gasteiger partial charge in [0.2, 0.25) is 11.8 Å². The van der Waals surface area contributed by atoms with Crippen LogP contribution in [0.15, 0.2) is 18.2 Å². The molecule has 1 heterocycles. The maximum absolute atomic E-state index is 12.5. The zero-order valence-corrected chi connectivity index (χ0v) is 13.0. The molecule has 1 aromatic rings. The van der Waals surface area contributed by atoms with E-state index in [0.29, 0.717) is 12.2 Å². The van der Waals surface area contributed by atoms with Gasteiger partial charge in [-0.2, -0.15) is 0 Å². The number of anilines is 2. The lowest BCUT2D eigenvalue weighted by atomic mass is 9.94. The molecule has 2 rings (SSSR count). The van der Waals surface area contributed by atoms with E-state index < -0.39 is 5.41 Å². The molecule has 0 fully saturated rings. The van der Waals surface area contributed by atoms with Gasteiger partial charge >= 0.3 is 0 Å². The second kappa shape index (κ2) is 5.85. The Bertz CT molecular complexity index is 561. The molecule has 0 saturated carbocycles.